The minimum Gasteiger partial charge on any atom is -0.381 e. The molecule has 1 aliphatic heterocycles. The number of ether oxygens (including phenoxy) is 2. The van der Waals surface area contributed by atoms with Crippen molar-refractivity contribution in [3.05, 3.63) is 65.5 Å². The number of hydrogen-bond donors (Lipinski definition) is 2. The summed E-state index contributed by atoms with van der Waals surface area (Å²) in [7, 11) is 1.79. The Morgan fingerprint density at radius 1 is 1.14 bits per heavy atom. The first-order valence-electron chi connectivity index (χ1n) is 9.95. The van der Waals surface area contributed by atoms with Gasteiger partial charge in [0, 0.05) is 51.7 Å². The summed E-state index contributed by atoms with van der Waals surface area (Å²) in [6, 6.07) is 14.5. The van der Waals surface area contributed by atoms with E-state index in [1.54, 1.807) is 7.05 Å². The molecule has 1 fully saturated rings. The van der Waals surface area contributed by atoms with Crippen molar-refractivity contribution in [3.8, 4) is 0 Å². The van der Waals surface area contributed by atoms with Crippen molar-refractivity contribution < 1.29 is 9.47 Å². The summed E-state index contributed by atoms with van der Waals surface area (Å²) in [6.45, 7) is 3.77. The second kappa shape index (κ2) is 13.5. The van der Waals surface area contributed by atoms with Crippen molar-refractivity contribution in [1.29, 1.82) is 0 Å². The number of hydrogen-bond acceptors (Lipinski definition) is 4. The van der Waals surface area contributed by atoms with E-state index in [0.717, 1.165) is 50.7 Å². The molecule has 6 nitrogen and oxygen atoms in total. The fraction of sp³-hybridized carbons (Fsp3) is 0.455. The number of nitrogens with zero attached hydrogens (tertiary/aromatic N) is 2. The Morgan fingerprint density at radius 2 is 1.97 bits per heavy atom. The molecule has 1 aromatic carbocycles. The van der Waals surface area contributed by atoms with E-state index in [1.807, 2.05) is 24.4 Å². The van der Waals surface area contributed by atoms with Crippen molar-refractivity contribution in [2.24, 2.45) is 4.99 Å². The number of halogens is 1. The molecule has 2 N–H and O–H groups in total. The van der Waals surface area contributed by atoms with E-state index in [4.69, 9.17) is 9.47 Å². The van der Waals surface area contributed by atoms with Crippen LogP contribution in [0.3, 0.4) is 0 Å². The van der Waals surface area contributed by atoms with E-state index < -0.39 is 0 Å². The number of nitrogens with one attached hydrogen (secondary N) is 2. The van der Waals surface area contributed by atoms with E-state index in [2.05, 4.69) is 44.9 Å². The van der Waals surface area contributed by atoms with E-state index in [1.165, 1.54) is 11.1 Å². The minimum absolute atomic E-state index is 0. The highest BCUT2D eigenvalue weighted by molar-refractivity contribution is 14.0. The van der Waals surface area contributed by atoms with Crippen LogP contribution in [0, 0.1) is 0 Å². The first-order valence-corrected chi connectivity index (χ1v) is 9.95. The minimum atomic E-state index is 0. The molecule has 2 heterocycles. The summed E-state index contributed by atoms with van der Waals surface area (Å²) in [4.78, 5) is 8.63. The van der Waals surface area contributed by atoms with Gasteiger partial charge in [0.1, 0.15) is 0 Å². The van der Waals surface area contributed by atoms with Gasteiger partial charge in [0.15, 0.2) is 5.96 Å². The smallest absolute Gasteiger partial charge is 0.191 e. The predicted octanol–water partition coefficient (Wildman–Crippen LogP) is 3.30. The van der Waals surface area contributed by atoms with Gasteiger partial charge in [0.05, 0.1) is 12.7 Å². The monoisotopic (exact) mass is 510 g/mol. The lowest BCUT2D eigenvalue weighted by atomic mass is 10.1. The summed E-state index contributed by atoms with van der Waals surface area (Å²) < 4.78 is 11.4. The molecule has 7 heteroatoms. The predicted molar refractivity (Wildman–Crippen MR) is 127 cm³/mol. The van der Waals surface area contributed by atoms with Crippen LogP contribution in [0.25, 0.3) is 0 Å². The van der Waals surface area contributed by atoms with Crippen molar-refractivity contribution >= 4 is 29.9 Å². The standard InChI is InChI=1S/C22H30N4O2.HI/c1-23-22(25-12-8-20-7-2-3-11-24-20)26-16-18-5-4-6-19(15-18)17-28-21-9-13-27-14-10-21;/h2-7,11,15,21H,8-10,12-14,16-17H2,1H3,(H2,23,25,26);1H. The molecule has 0 unspecified atom stereocenters. The molecule has 0 aliphatic carbocycles. The molecule has 1 aromatic heterocycles. The fourth-order valence-corrected chi connectivity index (χ4v) is 3.15. The molecule has 0 atom stereocenters. The quantitative estimate of drug-likeness (QED) is 0.324. The fourth-order valence-electron chi connectivity index (χ4n) is 3.15. The number of benzene rings is 1. The maximum Gasteiger partial charge on any atom is 0.191 e. The number of guanidine groups is 1. The molecular formula is C22H31IN4O2. The molecule has 1 saturated heterocycles. The number of aromatic nitrogens is 1. The Hall–Kier alpha value is -1.71. The second-order valence-electron chi connectivity index (χ2n) is 6.87. The zero-order chi connectivity index (χ0) is 19.4. The highest BCUT2D eigenvalue weighted by Gasteiger charge is 2.14. The SMILES string of the molecule is CN=C(NCCc1ccccn1)NCc1cccc(COC2CCOCC2)c1.I. The number of pyridine rings is 1. The molecule has 29 heavy (non-hydrogen) atoms. The lowest BCUT2D eigenvalue weighted by Gasteiger charge is -2.22. The maximum atomic E-state index is 6.02. The van der Waals surface area contributed by atoms with Crippen LogP contribution in [0.5, 0.6) is 0 Å². The molecule has 0 radical (unpaired) electrons. The van der Waals surface area contributed by atoms with Crippen molar-refractivity contribution in [3.63, 3.8) is 0 Å². The van der Waals surface area contributed by atoms with Crippen LogP contribution < -0.4 is 10.6 Å². The molecule has 2 aromatic rings. The van der Waals surface area contributed by atoms with Gasteiger partial charge in [-0.2, -0.15) is 0 Å². The lowest BCUT2D eigenvalue weighted by Crippen LogP contribution is -2.37. The van der Waals surface area contributed by atoms with E-state index in [0.29, 0.717) is 19.3 Å². The molecule has 0 amide bonds. The van der Waals surface area contributed by atoms with Gasteiger partial charge in [-0.25, -0.2) is 0 Å². The molecule has 0 bridgehead atoms. The maximum absolute atomic E-state index is 6.02. The van der Waals surface area contributed by atoms with Gasteiger partial charge in [-0.1, -0.05) is 30.3 Å². The van der Waals surface area contributed by atoms with Crippen LogP contribution >= 0.6 is 24.0 Å². The van der Waals surface area contributed by atoms with Crippen molar-refractivity contribution in [1.82, 2.24) is 15.6 Å². The summed E-state index contributed by atoms with van der Waals surface area (Å²) >= 11 is 0. The van der Waals surface area contributed by atoms with Gasteiger partial charge in [0.25, 0.3) is 0 Å². The number of rotatable bonds is 8. The average Bonchev–Trinajstić information content (AvgIpc) is 2.76. The van der Waals surface area contributed by atoms with Crippen molar-refractivity contribution in [2.45, 2.75) is 38.5 Å². The Bertz CT molecular complexity index is 737. The Kier molecular flexibility index (Phi) is 11.0. The van der Waals surface area contributed by atoms with Gasteiger partial charge in [-0.15, -0.1) is 24.0 Å². The van der Waals surface area contributed by atoms with Crippen molar-refractivity contribution in [2.75, 3.05) is 26.8 Å². The zero-order valence-corrected chi connectivity index (χ0v) is 19.3. The molecule has 0 spiro atoms. The van der Waals surface area contributed by atoms with Crippen LogP contribution in [-0.4, -0.2) is 43.9 Å². The Balaban J connectivity index is 0.00000300. The van der Waals surface area contributed by atoms with E-state index in [9.17, 15) is 0 Å². The highest BCUT2D eigenvalue weighted by atomic mass is 127. The molecule has 158 valence electrons. The van der Waals surface area contributed by atoms with Crippen LogP contribution in [0.1, 0.15) is 29.7 Å². The van der Waals surface area contributed by atoms with Crippen LogP contribution in [0.4, 0.5) is 0 Å². The zero-order valence-electron chi connectivity index (χ0n) is 17.0. The Morgan fingerprint density at radius 3 is 2.72 bits per heavy atom. The third-order valence-corrected chi connectivity index (χ3v) is 4.73. The topological polar surface area (TPSA) is 67.8 Å². The molecule has 0 saturated carbocycles. The van der Waals surface area contributed by atoms with Gasteiger partial charge in [-0.05, 0) is 36.1 Å². The van der Waals surface area contributed by atoms with Crippen LogP contribution in [-0.2, 0) is 29.0 Å². The lowest BCUT2D eigenvalue weighted by molar-refractivity contribution is -0.0390. The second-order valence-corrected chi connectivity index (χ2v) is 6.87. The third kappa shape index (κ3) is 8.67. The third-order valence-electron chi connectivity index (χ3n) is 4.73. The van der Waals surface area contributed by atoms with Crippen LogP contribution in [0.2, 0.25) is 0 Å². The normalized spacial score (nSPS) is 14.9. The van der Waals surface area contributed by atoms with Gasteiger partial charge in [-0.3, -0.25) is 9.98 Å². The first kappa shape index (κ1) is 23.6. The largest absolute Gasteiger partial charge is 0.381 e. The van der Waals surface area contributed by atoms with E-state index >= 15 is 0 Å². The molecule has 3 rings (SSSR count). The summed E-state index contributed by atoms with van der Waals surface area (Å²) in [5.41, 5.74) is 3.48. The average molecular weight is 510 g/mol. The number of aliphatic imine (C=N–C) groups is 1. The summed E-state index contributed by atoms with van der Waals surface area (Å²) in [6.07, 6.45) is 4.98. The Labute approximate surface area is 190 Å². The van der Waals surface area contributed by atoms with E-state index in [-0.39, 0.29) is 24.0 Å². The summed E-state index contributed by atoms with van der Waals surface area (Å²) in [5, 5.41) is 6.70. The van der Waals surface area contributed by atoms with Gasteiger partial charge >= 0.3 is 0 Å². The van der Waals surface area contributed by atoms with Gasteiger partial charge in [0.2, 0.25) is 0 Å². The summed E-state index contributed by atoms with van der Waals surface area (Å²) in [5.74, 6) is 0.791. The molecular weight excluding hydrogens is 479 g/mol. The first-order chi connectivity index (χ1) is 13.8. The van der Waals surface area contributed by atoms with Gasteiger partial charge < -0.3 is 20.1 Å². The highest BCUT2D eigenvalue weighted by Crippen LogP contribution is 2.14. The van der Waals surface area contributed by atoms with Crippen LogP contribution in [0.15, 0.2) is 53.7 Å². The molecule has 1 aliphatic rings.